The Bertz CT molecular complexity index is 311. The van der Waals surface area contributed by atoms with Crippen LogP contribution in [-0.4, -0.2) is 48.2 Å². The molecule has 1 unspecified atom stereocenters. The second-order valence-corrected chi connectivity index (χ2v) is 6.43. The number of carbonyl (C=O) groups is 1. The van der Waals surface area contributed by atoms with Gasteiger partial charge in [-0.3, -0.25) is 4.79 Å². The lowest BCUT2D eigenvalue weighted by Gasteiger charge is -2.35. The molecule has 110 valence electrons. The first-order chi connectivity index (χ1) is 9.08. The molecule has 0 aliphatic heterocycles. The Kier molecular flexibility index (Phi) is 4.85. The van der Waals surface area contributed by atoms with E-state index in [4.69, 9.17) is 0 Å². The minimum atomic E-state index is -0.720. The highest BCUT2D eigenvalue weighted by Gasteiger charge is 2.51. The molecule has 0 aromatic heterocycles. The molecule has 2 aliphatic carbocycles. The van der Waals surface area contributed by atoms with Crippen LogP contribution >= 0.6 is 0 Å². The number of rotatable bonds is 8. The topological polar surface area (TPSA) is 52.6 Å². The fraction of sp³-hybridized carbons (Fsp3) is 0.933. The van der Waals surface area contributed by atoms with Gasteiger partial charge in [-0.1, -0.05) is 19.8 Å². The van der Waals surface area contributed by atoms with Crippen LogP contribution in [0.5, 0.6) is 0 Å². The Morgan fingerprint density at radius 2 is 1.95 bits per heavy atom. The highest BCUT2D eigenvalue weighted by molar-refractivity contribution is 5.80. The van der Waals surface area contributed by atoms with E-state index in [9.17, 15) is 9.90 Å². The van der Waals surface area contributed by atoms with E-state index >= 15 is 0 Å². The van der Waals surface area contributed by atoms with Crippen molar-refractivity contribution in [2.24, 2.45) is 11.8 Å². The van der Waals surface area contributed by atoms with Crippen LogP contribution in [0, 0.1) is 11.8 Å². The van der Waals surface area contributed by atoms with Crippen LogP contribution in [0.25, 0.3) is 0 Å². The van der Waals surface area contributed by atoms with Crippen molar-refractivity contribution >= 4 is 5.97 Å². The molecule has 2 fully saturated rings. The van der Waals surface area contributed by atoms with Crippen molar-refractivity contribution in [2.75, 3.05) is 26.7 Å². The van der Waals surface area contributed by atoms with Crippen molar-refractivity contribution in [1.29, 1.82) is 0 Å². The van der Waals surface area contributed by atoms with E-state index in [1.807, 2.05) is 6.92 Å². The highest BCUT2D eigenvalue weighted by atomic mass is 16.4. The molecule has 4 heteroatoms. The van der Waals surface area contributed by atoms with Gasteiger partial charge in [-0.2, -0.15) is 0 Å². The number of hydrogen-bond donors (Lipinski definition) is 2. The van der Waals surface area contributed by atoms with Gasteiger partial charge < -0.3 is 15.3 Å². The maximum Gasteiger partial charge on any atom is 0.325 e. The van der Waals surface area contributed by atoms with Gasteiger partial charge in [-0.25, -0.2) is 0 Å². The first-order valence-electron chi connectivity index (χ1n) is 7.75. The second kappa shape index (κ2) is 6.23. The molecule has 0 aromatic rings. The number of nitrogens with zero attached hydrogens (tertiary/aromatic N) is 1. The molecule has 0 spiro atoms. The monoisotopic (exact) mass is 268 g/mol. The molecule has 1 atom stereocenters. The number of likely N-dealkylation sites (N-methyl/N-ethyl adjacent to an activating group) is 2. The largest absolute Gasteiger partial charge is 0.480 e. The van der Waals surface area contributed by atoms with Crippen molar-refractivity contribution in [1.82, 2.24) is 10.2 Å². The first kappa shape index (κ1) is 14.8. The number of carboxylic acids is 1. The minimum Gasteiger partial charge on any atom is -0.480 e. The van der Waals surface area contributed by atoms with E-state index in [1.165, 1.54) is 25.7 Å². The summed E-state index contributed by atoms with van der Waals surface area (Å²) >= 11 is 0. The molecular weight excluding hydrogens is 240 g/mol. The Balaban J connectivity index is 1.95. The first-order valence-corrected chi connectivity index (χ1v) is 7.75. The second-order valence-electron chi connectivity index (χ2n) is 6.43. The average Bonchev–Trinajstić information content (AvgIpc) is 3.08. The predicted octanol–water partition coefficient (Wildman–Crippen LogP) is 1.95. The lowest BCUT2D eigenvalue weighted by atomic mass is 9.92. The Morgan fingerprint density at radius 3 is 2.42 bits per heavy atom. The van der Waals surface area contributed by atoms with Gasteiger partial charge in [0.05, 0.1) is 0 Å². The summed E-state index contributed by atoms with van der Waals surface area (Å²) in [6, 6.07) is 0. The molecule has 2 aliphatic rings. The molecule has 4 nitrogen and oxygen atoms in total. The molecule has 0 heterocycles. The third-order valence-electron chi connectivity index (χ3n) is 4.71. The molecule has 2 N–H and O–H groups in total. The highest BCUT2D eigenvalue weighted by Crippen LogP contribution is 2.40. The van der Waals surface area contributed by atoms with E-state index in [0.29, 0.717) is 12.5 Å². The maximum atomic E-state index is 11.8. The van der Waals surface area contributed by atoms with Crippen LogP contribution in [0.3, 0.4) is 0 Å². The van der Waals surface area contributed by atoms with Crippen LogP contribution in [-0.2, 0) is 4.79 Å². The van der Waals surface area contributed by atoms with E-state index in [2.05, 4.69) is 17.3 Å². The summed E-state index contributed by atoms with van der Waals surface area (Å²) in [4.78, 5) is 14.0. The minimum absolute atomic E-state index is 0.316. The molecule has 0 radical (unpaired) electrons. The van der Waals surface area contributed by atoms with Crippen LogP contribution in [0.4, 0.5) is 0 Å². The zero-order valence-electron chi connectivity index (χ0n) is 12.3. The van der Waals surface area contributed by atoms with Gasteiger partial charge in [-0.05, 0) is 51.1 Å². The third-order valence-corrected chi connectivity index (χ3v) is 4.71. The molecule has 0 bridgehead atoms. The van der Waals surface area contributed by atoms with Gasteiger partial charge >= 0.3 is 5.97 Å². The molecule has 0 amide bonds. The Hall–Kier alpha value is -0.610. The van der Waals surface area contributed by atoms with Gasteiger partial charge in [0.25, 0.3) is 0 Å². The van der Waals surface area contributed by atoms with Crippen LogP contribution in [0.1, 0.15) is 45.4 Å². The number of hydrogen-bond acceptors (Lipinski definition) is 3. The molecule has 2 rings (SSSR count). The lowest BCUT2D eigenvalue weighted by Crippen LogP contribution is -2.60. The van der Waals surface area contributed by atoms with E-state index in [-0.39, 0.29) is 0 Å². The van der Waals surface area contributed by atoms with Crippen molar-refractivity contribution in [3.05, 3.63) is 0 Å². The molecule has 19 heavy (non-hydrogen) atoms. The maximum absolute atomic E-state index is 11.8. The summed E-state index contributed by atoms with van der Waals surface area (Å²) in [5.41, 5.74) is -0.720. The number of carboxylic acid groups (broad SMARTS) is 1. The lowest BCUT2D eigenvalue weighted by molar-refractivity contribution is -0.147. The average molecular weight is 268 g/mol. The van der Waals surface area contributed by atoms with E-state index < -0.39 is 11.5 Å². The molecular formula is C15H28N2O2. The van der Waals surface area contributed by atoms with E-state index in [1.54, 1.807) is 0 Å². The van der Waals surface area contributed by atoms with Crippen LogP contribution in [0.2, 0.25) is 0 Å². The molecule has 2 saturated carbocycles. The Morgan fingerprint density at radius 1 is 1.32 bits per heavy atom. The van der Waals surface area contributed by atoms with Crippen LogP contribution in [0.15, 0.2) is 0 Å². The number of nitrogens with one attached hydrogen (secondary N) is 1. The number of aliphatic carboxylic acids is 1. The summed E-state index contributed by atoms with van der Waals surface area (Å²) in [6.07, 6.45) is 7.42. The van der Waals surface area contributed by atoms with E-state index in [0.717, 1.165) is 31.8 Å². The summed E-state index contributed by atoms with van der Waals surface area (Å²) in [5, 5.41) is 13.0. The van der Waals surface area contributed by atoms with Crippen molar-refractivity contribution in [3.8, 4) is 0 Å². The van der Waals surface area contributed by atoms with Gasteiger partial charge in [0.15, 0.2) is 0 Å². The molecule has 0 saturated heterocycles. The third kappa shape index (κ3) is 3.48. The van der Waals surface area contributed by atoms with Gasteiger partial charge in [0.2, 0.25) is 0 Å². The SMILES string of the molecule is CCNC(CN(C)CC1CCCC1)(C(=O)O)C1CC1. The van der Waals surface area contributed by atoms with Crippen molar-refractivity contribution in [2.45, 2.75) is 51.0 Å². The van der Waals surface area contributed by atoms with Crippen molar-refractivity contribution in [3.63, 3.8) is 0 Å². The fourth-order valence-electron chi connectivity index (χ4n) is 3.66. The summed E-state index contributed by atoms with van der Waals surface area (Å²) in [6.45, 7) is 4.40. The van der Waals surface area contributed by atoms with Gasteiger partial charge in [-0.15, -0.1) is 0 Å². The zero-order chi connectivity index (χ0) is 13.9. The molecule has 0 aromatic carbocycles. The standard InChI is InChI=1S/C15H28N2O2/c1-3-16-15(14(18)19,13-8-9-13)11-17(2)10-12-6-4-5-7-12/h12-13,16H,3-11H2,1-2H3,(H,18,19). The van der Waals surface area contributed by atoms with Crippen LogP contribution < -0.4 is 5.32 Å². The normalized spacial score (nSPS) is 23.7. The summed E-state index contributed by atoms with van der Waals surface area (Å²) in [5.74, 6) is 0.420. The fourth-order valence-corrected chi connectivity index (χ4v) is 3.66. The van der Waals surface area contributed by atoms with Gasteiger partial charge in [0, 0.05) is 13.1 Å². The quantitative estimate of drug-likeness (QED) is 0.706. The predicted molar refractivity (Wildman–Crippen MR) is 76.2 cm³/mol. The zero-order valence-corrected chi connectivity index (χ0v) is 12.3. The van der Waals surface area contributed by atoms with Crippen molar-refractivity contribution < 1.29 is 9.90 Å². The van der Waals surface area contributed by atoms with Gasteiger partial charge in [0.1, 0.15) is 5.54 Å². The summed E-state index contributed by atoms with van der Waals surface area (Å²) < 4.78 is 0. The summed E-state index contributed by atoms with van der Waals surface area (Å²) in [7, 11) is 2.08. The smallest absolute Gasteiger partial charge is 0.325 e. The Labute approximate surface area is 116 Å².